The average molecular weight is 331 g/mol. The van der Waals surface area contributed by atoms with E-state index in [1.807, 2.05) is 0 Å². The Morgan fingerprint density at radius 1 is 1.42 bits per heavy atom. The van der Waals surface area contributed by atoms with Gasteiger partial charge in [0.05, 0.1) is 17.5 Å². The Bertz CT molecular complexity index is 876. The number of ether oxygens (including phenoxy) is 1. The molecule has 1 aliphatic rings. The van der Waals surface area contributed by atoms with Crippen molar-refractivity contribution in [2.45, 2.75) is 26.3 Å². The maximum Gasteiger partial charge on any atom is 0.329 e. The van der Waals surface area contributed by atoms with Crippen molar-refractivity contribution in [2.75, 3.05) is 19.8 Å². The van der Waals surface area contributed by atoms with Gasteiger partial charge in [-0.25, -0.2) is 4.79 Å². The molecule has 2 N–H and O–H groups in total. The predicted octanol–water partition coefficient (Wildman–Crippen LogP) is 1.04. The van der Waals surface area contributed by atoms with Gasteiger partial charge in [-0.1, -0.05) is 0 Å². The number of carbonyl (C=O) groups is 1. The first-order valence-electron chi connectivity index (χ1n) is 8.12. The van der Waals surface area contributed by atoms with Gasteiger partial charge in [-0.15, -0.1) is 0 Å². The van der Waals surface area contributed by atoms with E-state index in [4.69, 9.17) is 4.74 Å². The molecule has 0 bridgehead atoms. The van der Waals surface area contributed by atoms with E-state index in [1.54, 1.807) is 32.0 Å². The molecule has 24 heavy (non-hydrogen) atoms. The van der Waals surface area contributed by atoms with Crippen LogP contribution in [0.15, 0.2) is 27.8 Å². The van der Waals surface area contributed by atoms with Gasteiger partial charge >= 0.3 is 5.69 Å². The number of fused-ring (bicyclic) bond motifs is 1. The molecule has 2 heterocycles. The minimum atomic E-state index is -0.469. The topological polar surface area (TPSA) is 93.2 Å². The van der Waals surface area contributed by atoms with E-state index >= 15 is 0 Å². The van der Waals surface area contributed by atoms with Crippen LogP contribution in [0, 0.1) is 5.92 Å². The summed E-state index contributed by atoms with van der Waals surface area (Å²) in [5, 5.41) is 3.26. The Kier molecular flexibility index (Phi) is 4.53. The number of benzene rings is 1. The number of carbonyl (C=O) groups excluding carboxylic acids is 1. The average Bonchev–Trinajstić information content (AvgIpc) is 3.05. The molecule has 1 saturated heterocycles. The maximum absolute atomic E-state index is 12.4. The Labute approximate surface area is 138 Å². The van der Waals surface area contributed by atoms with E-state index < -0.39 is 5.69 Å². The second-order valence-corrected chi connectivity index (χ2v) is 6.40. The molecule has 0 unspecified atom stereocenters. The number of aromatic amines is 1. The second-order valence-electron chi connectivity index (χ2n) is 6.40. The third-order valence-electron chi connectivity index (χ3n) is 4.28. The summed E-state index contributed by atoms with van der Waals surface area (Å²) in [4.78, 5) is 39.4. The summed E-state index contributed by atoms with van der Waals surface area (Å²) >= 11 is 0. The monoisotopic (exact) mass is 331 g/mol. The molecule has 3 rings (SSSR count). The Balaban J connectivity index is 1.88. The standard InChI is InChI=1S/C17H21N3O4/c1-10(2)20-16(22)13-4-3-12(7-14(13)19-17(20)23)15(21)18-8-11-5-6-24-9-11/h3-4,7,10-11H,5-6,8-9H2,1-2H3,(H,18,21)(H,19,23)/t11-/m0/s1. The lowest BCUT2D eigenvalue weighted by Crippen LogP contribution is -2.36. The van der Waals surface area contributed by atoms with Crippen LogP contribution in [0.4, 0.5) is 0 Å². The van der Waals surface area contributed by atoms with Gasteiger partial charge in [0.15, 0.2) is 0 Å². The highest BCUT2D eigenvalue weighted by Gasteiger charge is 2.17. The summed E-state index contributed by atoms with van der Waals surface area (Å²) in [6.45, 7) is 5.51. The second kappa shape index (κ2) is 6.60. The molecule has 1 aliphatic heterocycles. The summed E-state index contributed by atoms with van der Waals surface area (Å²) in [6.07, 6.45) is 0.945. The smallest absolute Gasteiger partial charge is 0.329 e. The molecule has 0 saturated carbocycles. The van der Waals surface area contributed by atoms with Gasteiger partial charge in [0.2, 0.25) is 0 Å². The van der Waals surface area contributed by atoms with Gasteiger partial charge in [0.1, 0.15) is 0 Å². The van der Waals surface area contributed by atoms with Crippen LogP contribution in [0.1, 0.15) is 36.7 Å². The van der Waals surface area contributed by atoms with Crippen LogP contribution in [0.3, 0.4) is 0 Å². The van der Waals surface area contributed by atoms with Crippen LogP contribution < -0.4 is 16.6 Å². The molecule has 7 nitrogen and oxygen atoms in total. The zero-order chi connectivity index (χ0) is 17.3. The van der Waals surface area contributed by atoms with Crippen LogP contribution in [0.25, 0.3) is 10.9 Å². The maximum atomic E-state index is 12.4. The van der Waals surface area contributed by atoms with Crippen LogP contribution >= 0.6 is 0 Å². The molecule has 0 radical (unpaired) electrons. The molecule has 0 spiro atoms. The van der Waals surface area contributed by atoms with Gasteiger partial charge in [-0.2, -0.15) is 0 Å². The molecule has 2 aromatic rings. The van der Waals surface area contributed by atoms with Crippen molar-refractivity contribution in [3.8, 4) is 0 Å². The van der Waals surface area contributed by atoms with Crippen molar-refractivity contribution in [3.05, 3.63) is 44.6 Å². The molecule has 1 fully saturated rings. The van der Waals surface area contributed by atoms with Crippen molar-refractivity contribution in [1.29, 1.82) is 0 Å². The highest BCUT2D eigenvalue weighted by Crippen LogP contribution is 2.13. The Morgan fingerprint density at radius 2 is 2.21 bits per heavy atom. The molecule has 1 aromatic carbocycles. The first kappa shape index (κ1) is 16.4. The quantitative estimate of drug-likeness (QED) is 0.875. The first-order valence-corrected chi connectivity index (χ1v) is 8.12. The number of hydrogen-bond acceptors (Lipinski definition) is 4. The van der Waals surface area contributed by atoms with Crippen molar-refractivity contribution in [1.82, 2.24) is 14.9 Å². The Hall–Kier alpha value is -2.41. The lowest BCUT2D eigenvalue weighted by Gasteiger charge is -2.11. The van der Waals surface area contributed by atoms with Gasteiger partial charge < -0.3 is 15.0 Å². The fourth-order valence-electron chi connectivity index (χ4n) is 2.93. The lowest BCUT2D eigenvalue weighted by atomic mass is 10.1. The normalized spacial score (nSPS) is 17.5. The van der Waals surface area contributed by atoms with E-state index in [0.29, 0.717) is 35.5 Å². The molecule has 1 aromatic heterocycles. The number of aromatic nitrogens is 2. The molecule has 7 heteroatoms. The van der Waals surface area contributed by atoms with E-state index in [0.717, 1.165) is 13.0 Å². The van der Waals surface area contributed by atoms with Crippen LogP contribution in [0.2, 0.25) is 0 Å². The number of hydrogen-bond donors (Lipinski definition) is 2. The van der Waals surface area contributed by atoms with Crippen LogP contribution in [0.5, 0.6) is 0 Å². The van der Waals surface area contributed by atoms with Crippen molar-refractivity contribution < 1.29 is 9.53 Å². The van der Waals surface area contributed by atoms with Crippen molar-refractivity contribution >= 4 is 16.8 Å². The van der Waals surface area contributed by atoms with Gasteiger partial charge in [-0.05, 0) is 38.5 Å². The number of nitrogens with one attached hydrogen (secondary N) is 2. The molecule has 1 amide bonds. The first-order chi connectivity index (χ1) is 11.5. The number of H-pyrrole nitrogens is 1. The SMILES string of the molecule is CC(C)n1c(=O)[nH]c2cc(C(=O)NC[C@@H]3CCOC3)ccc2c1=O. The third kappa shape index (κ3) is 3.12. The number of amides is 1. The lowest BCUT2D eigenvalue weighted by molar-refractivity contribution is 0.0945. The van der Waals surface area contributed by atoms with Crippen molar-refractivity contribution in [3.63, 3.8) is 0 Å². The fourth-order valence-corrected chi connectivity index (χ4v) is 2.93. The van der Waals surface area contributed by atoms with E-state index in [-0.39, 0.29) is 17.5 Å². The van der Waals surface area contributed by atoms with E-state index in [2.05, 4.69) is 10.3 Å². The van der Waals surface area contributed by atoms with Crippen molar-refractivity contribution in [2.24, 2.45) is 5.92 Å². The zero-order valence-corrected chi connectivity index (χ0v) is 13.8. The number of rotatable bonds is 4. The molecular weight excluding hydrogens is 310 g/mol. The minimum Gasteiger partial charge on any atom is -0.381 e. The van der Waals surface area contributed by atoms with E-state index in [1.165, 1.54) is 4.57 Å². The fraction of sp³-hybridized carbons (Fsp3) is 0.471. The highest BCUT2D eigenvalue weighted by molar-refractivity contribution is 5.97. The highest BCUT2D eigenvalue weighted by atomic mass is 16.5. The van der Waals surface area contributed by atoms with Gasteiger partial charge in [0, 0.05) is 30.7 Å². The largest absolute Gasteiger partial charge is 0.381 e. The molecule has 0 aliphatic carbocycles. The van der Waals surface area contributed by atoms with Gasteiger partial charge in [-0.3, -0.25) is 14.2 Å². The molecular formula is C17H21N3O4. The summed E-state index contributed by atoms with van der Waals surface area (Å²) in [6, 6.07) is 4.50. The zero-order valence-electron chi connectivity index (χ0n) is 13.8. The predicted molar refractivity (Wildman–Crippen MR) is 90.5 cm³/mol. The van der Waals surface area contributed by atoms with Gasteiger partial charge in [0.25, 0.3) is 11.5 Å². The molecule has 128 valence electrons. The molecule has 1 atom stereocenters. The summed E-state index contributed by atoms with van der Waals surface area (Å²) < 4.78 is 6.45. The Morgan fingerprint density at radius 3 is 2.88 bits per heavy atom. The summed E-state index contributed by atoms with van der Waals surface area (Å²) in [5.74, 6) is 0.116. The van der Waals surface area contributed by atoms with Crippen LogP contribution in [-0.4, -0.2) is 35.2 Å². The van der Waals surface area contributed by atoms with Crippen LogP contribution in [-0.2, 0) is 4.74 Å². The summed E-state index contributed by atoms with van der Waals surface area (Å²) in [7, 11) is 0. The minimum absolute atomic E-state index is 0.224. The third-order valence-corrected chi connectivity index (χ3v) is 4.28. The summed E-state index contributed by atoms with van der Waals surface area (Å²) in [5.41, 5.74) is -0.0283. The number of nitrogens with zero attached hydrogens (tertiary/aromatic N) is 1. The van der Waals surface area contributed by atoms with E-state index in [9.17, 15) is 14.4 Å².